The highest BCUT2D eigenvalue weighted by Gasteiger charge is 2.29. The van der Waals surface area contributed by atoms with Gasteiger partial charge in [-0.25, -0.2) is 8.42 Å². The average Bonchev–Trinajstić information content (AvgIpc) is 3.23. The van der Waals surface area contributed by atoms with Crippen molar-refractivity contribution >= 4 is 44.8 Å². The van der Waals surface area contributed by atoms with E-state index in [-0.39, 0.29) is 21.6 Å². The van der Waals surface area contributed by atoms with Gasteiger partial charge in [0, 0.05) is 41.4 Å². The van der Waals surface area contributed by atoms with E-state index in [0.29, 0.717) is 37.0 Å². The molecule has 180 valence electrons. The first-order valence-electron chi connectivity index (χ1n) is 10.1. The van der Waals surface area contributed by atoms with Crippen molar-refractivity contribution in [1.29, 1.82) is 0 Å². The smallest absolute Gasteiger partial charge is 0.357 e. The highest BCUT2D eigenvalue weighted by Crippen LogP contribution is 2.37. The van der Waals surface area contributed by atoms with Crippen LogP contribution in [-0.2, 0) is 16.6 Å². The van der Waals surface area contributed by atoms with Crippen molar-refractivity contribution in [2.75, 3.05) is 29.4 Å². The van der Waals surface area contributed by atoms with Gasteiger partial charge in [-0.05, 0) is 71.9 Å². The Bertz CT molecular complexity index is 1240. The topological polar surface area (TPSA) is 65.5 Å². The summed E-state index contributed by atoms with van der Waals surface area (Å²) in [4.78, 5) is 8.45. The second-order valence-corrected chi connectivity index (χ2v) is 10.8. The molecule has 4 rings (SSSR count). The number of nitrogens with one attached hydrogen (secondary N) is 1. The number of benzene rings is 2. The number of hydrogen-bond acceptors (Lipinski definition) is 6. The molecule has 0 saturated carbocycles. The predicted molar refractivity (Wildman–Crippen MR) is 127 cm³/mol. The Hall–Kier alpha value is -2.47. The lowest BCUT2D eigenvalue weighted by atomic mass is 10.2. The Morgan fingerprint density at radius 3 is 2.41 bits per heavy atom. The number of halogens is 4. The summed E-state index contributed by atoms with van der Waals surface area (Å²) in [6.07, 6.45) is 3.06. The first kappa shape index (κ1) is 24.6. The van der Waals surface area contributed by atoms with Gasteiger partial charge in [-0.2, -0.15) is 13.2 Å². The molecule has 1 N–H and O–H groups in total. The monoisotopic (exact) mass is 528 g/mol. The third-order valence-corrected chi connectivity index (χ3v) is 7.54. The summed E-state index contributed by atoms with van der Waals surface area (Å²) < 4.78 is 65.8. The maximum Gasteiger partial charge on any atom is 0.446 e. The molecule has 1 aliphatic heterocycles. The third-order valence-electron chi connectivity index (χ3n) is 5.17. The quantitative estimate of drug-likeness (QED) is 0.413. The van der Waals surface area contributed by atoms with E-state index in [1.165, 1.54) is 42.6 Å². The molecule has 0 spiro atoms. The average molecular weight is 529 g/mol. The summed E-state index contributed by atoms with van der Waals surface area (Å²) >= 11 is 5.71. The summed E-state index contributed by atoms with van der Waals surface area (Å²) in [7, 11) is -3.82. The molecule has 6 nitrogen and oxygen atoms in total. The fourth-order valence-electron chi connectivity index (χ4n) is 3.55. The largest absolute Gasteiger partial charge is 0.446 e. The predicted octanol–water partition coefficient (Wildman–Crippen LogP) is 5.43. The highest BCUT2D eigenvalue weighted by molar-refractivity contribution is 8.00. The fraction of sp³-hybridized carbons (Fsp3) is 0.227. The number of sulfonamides is 1. The molecule has 0 amide bonds. The minimum absolute atomic E-state index is 0.0891. The normalized spacial score (nSPS) is 15.0. The Balaban J connectivity index is 1.42. The molecule has 12 heteroatoms. The van der Waals surface area contributed by atoms with Gasteiger partial charge in [-0.3, -0.25) is 14.6 Å². The van der Waals surface area contributed by atoms with Crippen LogP contribution in [0.5, 0.6) is 0 Å². The van der Waals surface area contributed by atoms with Gasteiger partial charge < -0.3 is 4.90 Å². The van der Waals surface area contributed by atoms with Gasteiger partial charge in [0.25, 0.3) is 10.0 Å². The maximum atomic E-state index is 12.8. The van der Waals surface area contributed by atoms with Crippen molar-refractivity contribution in [2.45, 2.75) is 21.8 Å². The zero-order valence-corrected chi connectivity index (χ0v) is 20.1. The van der Waals surface area contributed by atoms with Crippen molar-refractivity contribution in [3.63, 3.8) is 0 Å². The number of hydrogen-bond donors (Lipinski definition) is 1. The lowest BCUT2D eigenvalue weighted by Gasteiger charge is -2.21. The number of anilines is 2. The lowest BCUT2D eigenvalue weighted by Crippen LogP contribution is -2.25. The molecular weight excluding hydrogens is 509 g/mol. The van der Waals surface area contributed by atoms with Crippen LogP contribution < -0.4 is 9.62 Å². The Labute approximate surface area is 204 Å². The Kier molecular flexibility index (Phi) is 7.27. The van der Waals surface area contributed by atoms with Crippen LogP contribution in [0.25, 0.3) is 0 Å². The van der Waals surface area contributed by atoms with Gasteiger partial charge in [-0.15, -0.1) is 0 Å². The van der Waals surface area contributed by atoms with Gasteiger partial charge in [0.1, 0.15) is 0 Å². The number of pyridine rings is 1. The van der Waals surface area contributed by atoms with Crippen molar-refractivity contribution in [3.8, 4) is 0 Å². The minimum Gasteiger partial charge on any atom is -0.357 e. The molecule has 0 unspecified atom stereocenters. The van der Waals surface area contributed by atoms with Crippen LogP contribution in [0.2, 0.25) is 5.02 Å². The lowest BCUT2D eigenvalue weighted by molar-refractivity contribution is -0.0328. The molecule has 3 aromatic rings. The minimum atomic E-state index is -4.32. The van der Waals surface area contributed by atoms with Crippen LogP contribution in [-0.4, -0.2) is 43.6 Å². The number of nitrogens with zero attached hydrogens (tertiary/aromatic N) is 3. The number of aromatic nitrogens is 1. The van der Waals surface area contributed by atoms with Crippen LogP contribution in [0, 0.1) is 0 Å². The molecule has 34 heavy (non-hydrogen) atoms. The second-order valence-electron chi connectivity index (χ2n) is 7.59. The molecule has 2 aromatic carbocycles. The standard InChI is InChI=1S/C22H20ClF3N4O2S2/c23-17-1-7-20(8-2-17)34(31,32)28-21-13-27-10-9-16(21)14-29-11-12-30(15-29)18-3-5-19(6-4-18)33-22(24,25)26/h1-10,13,28H,11-12,14-15H2. The molecule has 1 aromatic heterocycles. The number of thioether (sulfide) groups is 1. The molecule has 0 atom stereocenters. The van der Waals surface area contributed by atoms with Crippen LogP contribution in [0.3, 0.4) is 0 Å². The summed E-state index contributed by atoms with van der Waals surface area (Å²) in [5.41, 5.74) is -2.35. The van der Waals surface area contributed by atoms with Crippen LogP contribution in [0.1, 0.15) is 5.56 Å². The summed E-state index contributed by atoms with van der Waals surface area (Å²) in [6.45, 7) is 2.43. The van der Waals surface area contributed by atoms with Crippen molar-refractivity contribution in [3.05, 3.63) is 77.6 Å². The van der Waals surface area contributed by atoms with Crippen LogP contribution in [0.15, 0.2) is 76.8 Å². The molecule has 1 aliphatic rings. The van der Waals surface area contributed by atoms with Gasteiger partial charge in [0.05, 0.1) is 23.4 Å². The van der Waals surface area contributed by atoms with E-state index in [0.717, 1.165) is 11.3 Å². The van der Waals surface area contributed by atoms with Gasteiger partial charge >= 0.3 is 5.51 Å². The van der Waals surface area contributed by atoms with Crippen molar-refractivity contribution in [2.24, 2.45) is 0 Å². The van der Waals surface area contributed by atoms with Crippen molar-refractivity contribution in [1.82, 2.24) is 9.88 Å². The van der Waals surface area contributed by atoms with Crippen molar-refractivity contribution < 1.29 is 21.6 Å². The van der Waals surface area contributed by atoms with Crippen LogP contribution >= 0.6 is 23.4 Å². The maximum absolute atomic E-state index is 12.8. The molecule has 1 fully saturated rings. The van der Waals surface area contributed by atoms with E-state index in [2.05, 4.69) is 19.5 Å². The molecular formula is C22H20ClF3N4O2S2. The third kappa shape index (κ3) is 6.35. The molecule has 1 saturated heterocycles. The Morgan fingerprint density at radius 2 is 1.74 bits per heavy atom. The van der Waals surface area contributed by atoms with E-state index in [1.54, 1.807) is 24.4 Å². The molecule has 0 radical (unpaired) electrons. The highest BCUT2D eigenvalue weighted by atomic mass is 35.5. The molecule has 0 aliphatic carbocycles. The van der Waals surface area contributed by atoms with E-state index >= 15 is 0 Å². The summed E-state index contributed by atoms with van der Waals surface area (Å²) in [5.74, 6) is 0. The number of rotatable bonds is 7. The fourth-order valence-corrected chi connectivity index (χ4v) is 5.31. The van der Waals surface area contributed by atoms with E-state index in [1.807, 2.05) is 0 Å². The summed E-state index contributed by atoms with van der Waals surface area (Å²) in [6, 6.07) is 13.9. The Morgan fingerprint density at radius 1 is 1.03 bits per heavy atom. The van der Waals surface area contributed by atoms with E-state index in [9.17, 15) is 21.6 Å². The zero-order chi connectivity index (χ0) is 24.3. The van der Waals surface area contributed by atoms with Gasteiger partial charge in [0.2, 0.25) is 0 Å². The molecule has 0 bridgehead atoms. The van der Waals surface area contributed by atoms with E-state index < -0.39 is 15.5 Å². The van der Waals surface area contributed by atoms with Gasteiger partial charge in [0.15, 0.2) is 0 Å². The summed E-state index contributed by atoms with van der Waals surface area (Å²) in [5, 5.41) is 0.438. The van der Waals surface area contributed by atoms with Crippen LogP contribution in [0.4, 0.5) is 24.5 Å². The zero-order valence-electron chi connectivity index (χ0n) is 17.7. The second kappa shape index (κ2) is 10.0. The van der Waals surface area contributed by atoms with Gasteiger partial charge in [-0.1, -0.05) is 11.6 Å². The first-order chi connectivity index (χ1) is 16.1. The number of alkyl halides is 3. The first-order valence-corrected chi connectivity index (χ1v) is 12.8. The van der Waals surface area contributed by atoms with E-state index in [4.69, 9.17) is 11.6 Å². The molecule has 2 heterocycles. The SMILES string of the molecule is O=S(=O)(Nc1cnccc1CN1CCN(c2ccc(SC(F)(F)F)cc2)C1)c1ccc(Cl)cc1.